The van der Waals surface area contributed by atoms with Crippen LogP contribution in [0.4, 0.5) is 23.0 Å². The number of aliphatic carboxylic acids is 1. The first kappa shape index (κ1) is 26.8. The van der Waals surface area contributed by atoms with E-state index in [4.69, 9.17) is 15.4 Å². The Morgan fingerprint density at radius 2 is 1.17 bits per heavy atom. The first-order chi connectivity index (χ1) is 19.9. The Morgan fingerprint density at radius 3 is 1.61 bits per heavy atom. The lowest BCUT2D eigenvalue weighted by Gasteiger charge is -2.25. The lowest BCUT2D eigenvalue weighted by Crippen LogP contribution is -2.14. The normalized spacial score (nSPS) is 11.0. The van der Waals surface area contributed by atoms with E-state index in [9.17, 15) is 4.79 Å². The lowest BCUT2D eigenvalue weighted by atomic mass is 10.1. The smallest absolute Gasteiger partial charge is 0.346 e. The van der Waals surface area contributed by atoms with E-state index in [1.54, 1.807) is 30.3 Å². The Bertz CT molecular complexity index is 1690. The van der Waals surface area contributed by atoms with Gasteiger partial charge >= 0.3 is 5.97 Å². The largest absolute Gasteiger partial charge is 0.477 e. The standard InChI is InChI=1S/C33H26N6O2/c1-38(2)33-36-30(24-15-13-23(14-16-24)21-26(22-34)32(40)41)35-31(37-33)25-17-19-29(20-18-25)39(27-9-5-3-6-10-27)28-11-7-4-8-12-28/h3-21H,1-2H3,(H,40,41)/b26-21-. The van der Waals surface area contributed by atoms with Crippen LogP contribution in [0.5, 0.6) is 0 Å². The molecule has 0 aliphatic rings. The molecule has 0 saturated heterocycles. The molecule has 0 aliphatic heterocycles. The van der Waals surface area contributed by atoms with Crippen LogP contribution in [0, 0.1) is 11.3 Å². The summed E-state index contributed by atoms with van der Waals surface area (Å²) in [5, 5.41) is 18.2. The fraction of sp³-hybridized carbons (Fsp3) is 0.0606. The molecule has 0 aliphatic carbocycles. The van der Waals surface area contributed by atoms with Crippen LogP contribution in [0.1, 0.15) is 5.56 Å². The van der Waals surface area contributed by atoms with Crippen LogP contribution in [-0.4, -0.2) is 40.1 Å². The van der Waals surface area contributed by atoms with Gasteiger partial charge in [-0.05, 0) is 60.2 Å². The van der Waals surface area contributed by atoms with Crippen LogP contribution in [0.25, 0.3) is 28.9 Å². The summed E-state index contributed by atoms with van der Waals surface area (Å²) in [4.78, 5) is 29.2. The van der Waals surface area contributed by atoms with Gasteiger partial charge in [0.25, 0.3) is 0 Å². The third kappa shape index (κ3) is 6.10. The third-order valence-corrected chi connectivity index (χ3v) is 6.27. The first-order valence-electron chi connectivity index (χ1n) is 12.8. The second kappa shape index (κ2) is 11.9. The van der Waals surface area contributed by atoms with Crippen molar-refractivity contribution in [2.24, 2.45) is 0 Å². The molecule has 5 aromatic rings. The highest BCUT2D eigenvalue weighted by Crippen LogP contribution is 2.35. The molecule has 1 heterocycles. The number of hydrogen-bond donors (Lipinski definition) is 1. The van der Waals surface area contributed by atoms with Gasteiger partial charge in [-0.3, -0.25) is 0 Å². The molecule has 0 amide bonds. The highest BCUT2D eigenvalue weighted by atomic mass is 16.4. The van der Waals surface area contributed by atoms with Crippen molar-refractivity contribution in [3.63, 3.8) is 0 Å². The van der Waals surface area contributed by atoms with Gasteiger partial charge in [0.1, 0.15) is 11.6 Å². The average molecular weight is 539 g/mol. The number of carboxylic acids is 1. The maximum atomic E-state index is 11.2. The molecule has 1 aromatic heterocycles. The van der Waals surface area contributed by atoms with Crippen molar-refractivity contribution >= 4 is 35.1 Å². The van der Waals surface area contributed by atoms with Crippen LogP contribution in [0.2, 0.25) is 0 Å². The van der Waals surface area contributed by atoms with E-state index >= 15 is 0 Å². The van der Waals surface area contributed by atoms with Gasteiger partial charge in [-0.15, -0.1) is 0 Å². The maximum absolute atomic E-state index is 11.2. The molecular formula is C33H26N6O2. The van der Waals surface area contributed by atoms with Crippen LogP contribution in [0.3, 0.4) is 0 Å². The number of hydrogen-bond acceptors (Lipinski definition) is 7. The zero-order chi connectivity index (χ0) is 28.8. The molecule has 0 spiro atoms. The van der Waals surface area contributed by atoms with E-state index in [0.717, 1.165) is 28.2 Å². The molecule has 4 aromatic carbocycles. The monoisotopic (exact) mass is 538 g/mol. The van der Waals surface area contributed by atoms with Gasteiger partial charge in [-0.2, -0.15) is 15.2 Å². The predicted octanol–water partition coefficient (Wildman–Crippen LogP) is 6.73. The van der Waals surface area contributed by atoms with Gasteiger partial charge in [0.05, 0.1) is 0 Å². The van der Waals surface area contributed by atoms with Crippen LogP contribution in [-0.2, 0) is 4.79 Å². The summed E-state index contributed by atoms with van der Waals surface area (Å²) in [6, 6.07) is 37.2. The number of nitrogens with zero attached hydrogens (tertiary/aromatic N) is 6. The van der Waals surface area contributed by atoms with Gasteiger partial charge in [0, 0.05) is 42.3 Å². The minimum atomic E-state index is -1.27. The molecule has 200 valence electrons. The van der Waals surface area contributed by atoms with Crippen LogP contribution >= 0.6 is 0 Å². The molecule has 0 saturated carbocycles. The summed E-state index contributed by atoms with van der Waals surface area (Å²) in [7, 11) is 3.74. The Labute approximate surface area is 238 Å². The SMILES string of the molecule is CN(C)c1nc(-c2ccc(/C=C(/C#N)C(=O)O)cc2)nc(-c2ccc(N(c3ccccc3)c3ccccc3)cc2)n1. The van der Waals surface area contributed by atoms with E-state index in [-0.39, 0.29) is 5.57 Å². The maximum Gasteiger partial charge on any atom is 0.346 e. The van der Waals surface area contributed by atoms with Crippen molar-refractivity contribution in [3.8, 4) is 28.8 Å². The second-order valence-electron chi connectivity index (χ2n) is 9.33. The van der Waals surface area contributed by atoms with Crippen molar-refractivity contribution in [3.05, 3.63) is 120 Å². The van der Waals surface area contributed by atoms with E-state index in [0.29, 0.717) is 23.2 Å². The second-order valence-corrected chi connectivity index (χ2v) is 9.33. The topological polar surface area (TPSA) is 106 Å². The minimum absolute atomic E-state index is 0.336. The molecule has 5 rings (SSSR count). The summed E-state index contributed by atoms with van der Waals surface area (Å²) in [5.41, 5.74) is 4.91. The molecule has 0 fully saturated rings. The van der Waals surface area contributed by atoms with E-state index in [1.807, 2.05) is 79.7 Å². The fourth-order valence-electron chi connectivity index (χ4n) is 4.22. The molecule has 0 radical (unpaired) electrons. The van der Waals surface area contributed by atoms with Gasteiger partial charge in [-0.25, -0.2) is 9.78 Å². The summed E-state index contributed by atoms with van der Waals surface area (Å²) in [6.45, 7) is 0. The molecule has 1 N–H and O–H groups in total. The third-order valence-electron chi connectivity index (χ3n) is 6.27. The first-order valence-corrected chi connectivity index (χ1v) is 12.8. The fourth-order valence-corrected chi connectivity index (χ4v) is 4.22. The molecular weight excluding hydrogens is 512 g/mol. The van der Waals surface area contributed by atoms with Crippen LogP contribution < -0.4 is 9.80 Å². The highest BCUT2D eigenvalue weighted by molar-refractivity contribution is 5.96. The quantitative estimate of drug-likeness (QED) is 0.171. The van der Waals surface area contributed by atoms with Gasteiger partial charge < -0.3 is 14.9 Å². The number of nitriles is 1. The van der Waals surface area contributed by atoms with Crippen molar-refractivity contribution < 1.29 is 9.90 Å². The molecule has 0 atom stereocenters. The molecule has 0 bridgehead atoms. The molecule has 41 heavy (non-hydrogen) atoms. The average Bonchev–Trinajstić information content (AvgIpc) is 3.01. The summed E-state index contributed by atoms with van der Waals surface area (Å²) < 4.78 is 0. The molecule has 8 heteroatoms. The van der Waals surface area contributed by atoms with Gasteiger partial charge in [0.2, 0.25) is 5.95 Å². The van der Waals surface area contributed by atoms with E-state index in [2.05, 4.69) is 39.1 Å². The van der Waals surface area contributed by atoms with Crippen molar-refractivity contribution in [2.45, 2.75) is 0 Å². The van der Waals surface area contributed by atoms with Gasteiger partial charge in [-0.1, -0.05) is 60.7 Å². The zero-order valence-corrected chi connectivity index (χ0v) is 22.5. The zero-order valence-electron chi connectivity index (χ0n) is 22.5. The summed E-state index contributed by atoms with van der Waals surface area (Å²) in [5.74, 6) is 0.243. The Morgan fingerprint density at radius 1 is 0.707 bits per heavy atom. The van der Waals surface area contributed by atoms with Crippen molar-refractivity contribution in [2.75, 3.05) is 23.9 Å². The van der Waals surface area contributed by atoms with Crippen molar-refractivity contribution in [1.29, 1.82) is 5.26 Å². The number of carboxylic acid groups (broad SMARTS) is 1. The predicted molar refractivity (Wildman–Crippen MR) is 161 cm³/mol. The number of carbonyl (C=O) groups is 1. The van der Waals surface area contributed by atoms with Crippen LogP contribution in [0.15, 0.2) is 115 Å². The van der Waals surface area contributed by atoms with E-state index in [1.165, 1.54) is 6.08 Å². The Kier molecular flexibility index (Phi) is 7.79. The van der Waals surface area contributed by atoms with Gasteiger partial charge in [0.15, 0.2) is 11.6 Å². The number of rotatable bonds is 8. The lowest BCUT2D eigenvalue weighted by molar-refractivity contribution is -0.132. The summed E-state index contributed by atoms with van der Waals surface area (Å²) in [6.07, 6.45) is 1.33. The molecule has 0 unspecified atom stereocenters. The minimum Gasteiger partial charge on any atom is -0.477 e. The Hall–Kier alpha value is -5.81. The number of benzene rings is 4. The summed E-state index contributed by atoms with van der Waals surface area (Å²) >= 11 is 0. The van der Waals surface area contributed by atoms with Crippen molar-refractivity contribution in [1.82, 2.24) is 15.0 Å². The number of aromatic nitrogens is 3. The van der Waals surface area contributed by atoms with E-state index < -0.39 is 5.97 Å². The number of anilines is 4. The Balaban J connectivity index is 1.50. The molecule has 8 nitrogen and oxygen atoms in total. The highest BCUT2D eigenvalue weighted by Gasteiger charge is 2.15. The number of para-hydroxylation sites is 2.